The van der Waals surface area contributed by atoms with E-state index in [-0.39, 0.29) is 10.6 Å². The van der Waals surface area contributed by atoms with E-state index in [4.69, 9.17) is 5.11 Å². The molecule has 8 heteroatoms. The molecule has 0 saturated carbocycles. The van der Waals surface area contributed by atoms with Gasteiger partial charge in [0.05, 0.1) is 5.69 Å². The van der Waals surface area contributed by atoms with Gasteiger partial charge in [-0.2, -0.15) is 9.40 Å². The van der Waals surface area contributed by atoms with Gasteiger partial charge < -0.3 is 5.11 Å². The van der Waals surface area contributed by atoms with Crippen molar-refractivity contribution in [3.63, 3.8) is 0 Å². The Bertz CT molecular complexity index is 535. The maximum atomic E-state index is 12.4. The van der Waals surface area contributed by atoms with Gasteiger partial charge in [-0.3, -0.25) is 5.10 Å². The van der Waals surface area contributed by atoms with Gasteiger partial charge in [-0.25, -0.2) is 13.2 Å². The lowest BCUT2D eigenvalue weighted by Crippen LogP contribution is -2.32. The Morgan fingerprint density at radius 2 is 2.06 bits per heavy atom. The highest BCUT2D eigenvalue weighted by Crippen LogP contribution is 2.22. The van der Waals surface area contributed by atoms with Crippen LogP contribution >= 0.6 is 0 Å². The van der Waals surface area contributed by atoms with E-state index < -0.39 is 21.7 Å². The van der Waals surface area contributed by atoms with Crippen molar-refractivity contribution in [3.8, 4) is 0 Å². The number of carboxylic acid groups (broad SMARTS) is 1. The molecule has 1 rings (SSSR count). The van der Waals surface area contributed by atoms with Crippen molar-refractivity contribution in [2.45, 2.75) is 32.1 Å². The van der Waals surface area contributed by atoms with Crippen LogP contribution in [0.1, 0.15) is 36.5 Å². The second kappa shape index (κ2) is 5.49. The van der Waals surface area contributed by atoms with Crippen LogP contribution in [0.3, 0.4) is 0 Å². The molecule has 0 amide bonds. The molecule has 0 bridgehead atoms. The number of aromatic carboxylic acids is 1. The molecule has 102 valence electrons. The fourth-order valence-corrected chi connectivity index (χ4v) is 3.54. The van der Waals surface area contributed by atoms with Crippen LogP contribution in [0.25, 0.3) is 0 Å². The summed E-state index contributed by atoms with van der Waals surface area (Å²) in [6, 6.07) is 0. The number of nitrogens with one attached hydrogen (secondary N) is 1. The van der Waals surface area contributed by atoms with E-state index in [1.807, 2.05) is 6.92 Å². The van der Waals surface area contributed by atoms with Gasteiger partial charge in [0.2, 0.25) is 10.0 Å². The topological polar surface area (TPSA) is 103 Å². The fraction of sp³-hybridized carbons (Fsp3) is 0.600. The summed E-state index contributed by atoms with van der Waals surface area (Å²) in [4.78, 5) is 10.7. The van der Waals surface area contributed by atoms with Crippen LogP contribution in [0.5, 0.6) is 0 Å². The summed E-state index contributed by atoms with van der Waals surface area (Å²) in [6.45, 7) is 5.70. The highest BCUT2D eigenvalue weighted by molar-refractivity contribution is 7.89. The van der Waals surface area contributed by atoms with Gasteiger partial charge in [0, 0.05) is 13.1 Å². The Balaban J connectivity index is 3.35. The van der Waals surface area contributed by atoms with Gasteiger partial charge in [-0.1, -0.05) is 13.8 Å². The predicted molar refractivity (Wildman–Crippen MR) is 65.0 cm³/mol. The van der Waals surface area contributed by atoms with Gasteiger partial charge in [0.15, 0.2) is 5.69 Å². The minimum Gasteiger partial charge on any atom is -0.476 e. The monoisotopic (exact) mass is 275 g/mol. The molecule has 1 aromatic heterocycles. The highest BCUT2D eigenvalue weighted by Gasteiger charge is 2.32. The molecule has 0 atom stereocenters. The number of rotatable bonds is 6. The predicted octanol–water partition coefficient (Wildman–Crippen LogP) is 0.837. The van der Waals surface area contributed by atoms with E-state index in [1.54, 1.807) is 6.92 Å². The summed E-state index contributed by atoms with van der Waals surface area (Å²) < 4.78 is 26.0. The number of aromatic nitrogens is 2. The zero-order chi connectivity index (χ0) is 13.9. The molecule has 0 radical (unpaired) electrons. The van der Waals surface area contributed by atoms with Crippen molar-refractivity contribution in [2.24, 2.45) is 0 Å². The Kier molecular flexibility index (Phi) is 4.47. The molecule has 1 heterocycles. The van der Waals surface area contributed by atoms with Gasteiger partial charge in [-0.05, 0) is 13.3 Å². The van der Waals surface area contributed by atoms with E-state index in [9.17, 15) is 13.2 Å². The SMILES string of the molecule is CCCN(CC)S(=O)(=O)c1c(C(=O)O)n[nH]c1C. The molecule has 0 fully saturated rings. The molecule has 7 nitrogen and oxygen atoms in total. The minimum absolute atomic E-state index is 0.238. The first kappa shape index (κ1) is 14.7. The molecular formula is C10H17N3O4S. The van der Waals surface area contributed by atoms with Gasteiger partial charge in [-0.15, -0.1) is 0 Å². The molecule has 0 unspecified atom stereocenters. The third-order valence-corrected chi connectivity index (χ3v) is 4.65. The van der Waals surface area contributed by atoms with E-state index in [0.717, 1.165) is 0 Å². The normalized spacial score (nSPS) is 12.0. The molecule has 0 aromatic carbocycles. The lowest BCUT2D eigenvalue weighted by atomic mass is 10.4. The number of carbonyl (C=O) groups is 1. The van der Waals surface area contributed by atoms with Crippen molar-refractivity contribution in [2.75, 3.05) is 13.1 Å². The number of sulfonamides is 1. The standard InChI is InChI=1S/C10H17N3O4S/c1-4-6-13(5-2)18(16,17)9-7(3)11-12-8(9)10(14)15/h4-6H2,1-3H3,(H,11,12)(H,14,15). The first-order valence-corrected chi connectivity index (χ1v) is 7.08. The van der Waals surface area contributed by atoms with Crippen molar-refractivity contribution in [1.29, 1.82) is 0 Å². The fourth-order valence-electron chi connectivity index (χ4n) is 1.71. The van der Waals surface area contributed by atoms with Gasteiger partial charge in [0.25, 0.3) is 0 Å². The zero-order valence-corrected chi connectivity index (χ0v) is 11.4. The average molecular weight is 275 g/mol. The summed E-state index contributed by atoms with van der Waals surface area (Å²) in [5.41, 5.74) is -0.219. The quantitative estimate of drug-likeness (QED) is 0.800. The number of hydrogen-bond acceptors (Lipinski definition) is 4. The van der Waals surface area contributed by atoms with Gasteiger partial charge in [0.1, 0.15) is 4.90 Å². The summed E-state index contributed by atoms with van der Waals surface area (Å²) in [5, 5.41) is 14.9. The van der Waals surface area contributed by atoms with Crippen molar-refractivity contribution < 1.29 is 18.3 Å². The number of carboxylic acids is 1. The lowest BCUT2D eigenvalue weighted by Gasteiger charge is -2.19. The Labute approximate surface area is 106 Å². The smallest absolute Gasteiger partial charge is 0.357 e. The number of aryl methyl sites for hydroxylation is 1. The Morgan fingerprint density at radius 1 is 1.44 bits per heavy atom. The summed E-state index contributed by atoms with van der Waals surface area (Å²) in [6.07, 6.45) is 0.659. The second-order valence-corrected chi connectivity index (χ2v) is 5.70. The molecule has 2 N–H and O–H groups in total. The maximum absolute atomic E-state index is 12.4. The van der Waals surface area contributed by atoms with Crippen molar-refractivity contribution in [3.05, 3.63) is 11.4 Å². The molecule has 0 aliphatic carbocycles. The van der Waals surface area contributed by atoms with Crippen LogP contribution in [-0.2, 0) is 10.0 Å². The van der Waals surface area contributed by atoms with E-state index in [0.29, 0.717) is 19.5 Å². The minimum atomic E-state index is -3.82. The third kappa shape index (κ3) is 2.54. The maximum Gasteiger partial charge on any atom is 0.357 e. The van der Waals surface area contributed by atoms with Gasteiger partial charge >= 0.3 is 5.97 Å². The zero-order valence-electron chi connectivity index (χ0n) is 10.6. The summed E-state index contributed by atoms with van der Waals surface area (Å²) in [7, 11) is -3.82. The van der Waals surface area contributed by atoms with Crippen LogP contribution in [-0.4, -0.2) is 47.1 Å². The Morgan fingerprint density at radius 3 is 2.50 bits per heavy atom. The number of H-pyrrole nitrogens is 1. The highest BCUT2D eigenvalue weighted by atomic mass is 32.2. The largest absolute Gasteiger partial charge is 0.476 e. The first-order valence-electron chi connectivity index (χ1n) is 5.64. The summed E-state index contributed by atoms with van der Waals surface area (Å²) >= 11 is 0. The average Bonchev–Trinajstić information content (AvgIpc) is 2.68. The van der Waals surface area contributed by atoms with Crippen LogP contribution < -0.4 is 0 Å². The van der Waals surface area contributed by atoms with Crippen LogP contribution in [0, 0.1) is 6.92 Å². The molecule has 18 heavy (non-hydrogen) atoms. The molecule has 1 aromatic rings. The summed E-state index contributed by atoms with van der Waals surface area (Å²) in [5.74, 6) is -1.36. The third-order valence-electron chi connectivity index (χ3n) is 2.52. The first-order chi connectivity index (χ1) is 8.36. The van der Waals surface area contributed by atoms with Crippen LogP contribution in [0.4, 0.5) is 0 Å². The molecule has 0 spiro atoms. The van der Waals surface area contributed by atoms with Crippen LogP contribution in [0.2, 0.25) is 0 Å². The number of aromatic amines is 1. The van der Waals surface area contributed by atoms with E-state index in [1.165, 1.54) is 11.2 Å². The van der Waals surface area contributed by atoms with E-state index in [2.05, 4.69) is 10.2 Å². The molecule has 0 saturated heterocycles. The molecule has 0 aliphatic rings. The molecular weight excluding hydrogens is 258 g/mol. The Hall–Kier alpha value is -1.41. The number of nitrogens with zero attached hydrogens (tertiary/aromatic N) is 2. The van der Waals surface area contributed by atoms with Crippen LogP contribution in [0.15, 0.2) is 4.90 Å². The van der Waals surface area contributed by atoms with E-state index >= 15 is 0 Å². The van der Waals surface area contributed by atoms with Crippen molar-refractivity contribution >= 4 is 16.0 Å². The number of hydrogen-bond donors (Lipinski definition) is 2. The second-order valence-electron chi connectivity index (χ2n) is 3.83. The lowest BCUT2D eigenvalue weighted by molar-refractivity contribution is 0.0686. The van der Waals surface area contributed by atoms with Crippen molar-refractivity contribution in [1.82, 2.24) is 14.5 Å². The molecule has 0 aliphatic heterocycles.